The van der Waals surface area contributed by atoms with E-state index in [1.807, 2.05) is 51.1 Å². The number of esters is 1. The van der Waals surface area contributed by atoms with Gasteiger partial charge >= 0.3 is 5.97 Å². The fourth-order valence-corrected chi connectivity index (χ4v) is 4.87. The molecule has 3 aromatic carbocycles. The summed E-state index contributed by atoms with van der Waals surface area (Å²) in [6.07, 6.45) is 0. The second kappa shape index (κ2) is 10.3. The predicted octanol–water partition coefficient (Wildman–Crippen LogP) is 5.03. The molecule has 0 spiro atoms. The Bertz CT molecular complexity index is 1420. The van der Waals surface area contributed by atoms with Gasteiger partial charge in [-0.3, -0.25) is 9.59 Å². The van der Waals surface area contributed by atoms with Crippen LogP contribution in [-0.4, -0.2) is 41.9 Å². The lowest BCUT2D eigenvalue weighted by molar-refractivity contribution is -0.140. The highest BCUT2D eigenvalue weighted by atomic mass is 16.5. The van der Waals surface area contributed by atoms with Crippen molar-refractivity contribution in [2.75, 3.05) is 14.2 Å². The second-order valence-corrected chi connectivity index (χ2v) is 9.13. The zero-order valence-electron chi connectivity index (χ0n) is 21.5. The predicted molar refractivity (Wildman–Crippen MR) is 139 cm³/mol. The van der Waals surface area contributed by atoms with E-state index < -0.39 is 23.7 Å². The van der Waals surface area contributed by atoms with E-state index in [0.717, 1.165) is 27.8 Å². The van der Waals surface area contributed by atoms with E-state index in [-0.39, 0.29) is 17.9 Å². The molecule has 1 heterocycles. The molecule has 1 amide bonds. The lowest BCUT2D eigenvalue weighted by atomic mass is 9.91. The van der Waals surface area contributed by atoms with Gasteiger partial charge in [0.25, 0.3) is 11.7 Å². The quantitative estimate of drug-likeness (QED) is 0.221. The summed E-state index contributed by atoms with van der Waals surface area (Å²) < 4.78 is 10.3. The van der Waals surface area contributed by atoms with Crippen molar-refractivity contribution in [2.45, 2.75) is 33.4 Å². The normalized spacial score (nSPS) is 16.7. The fourth-order valence-electron chi connectivity index (χ4n) is 4.87. The van der Waals surface area contributed by atoms with Gasteiger partial charge in [0, 0.05) is 6.54 Å². The van der Waals surface area contributed by atoms with E-state index in [0.29, 0.717) is 16.9 Å². The number of hydrogen-bond donors (Lipinski definition) is 1. The molecule has 1 aliphatic heterocycles. The summed E-state index contributed by atoms with van der Waals surface area (Å²) in [6.45, 7) is 5.75. The molecule has 37 heavy (non-hydrogen) atoms. The summed E-state index contributed by atoms with van der Waals surface area (Å²) in [7, 11) is 2.81. The van der Waals surface area contributed by atoms with Crippen molar-refractivity contribution >= 4 is 23.4 Å². The summed E-state index contributed by atoms with van der Waals surface area (Å²) in [5, 5.41) is 11.5. The molecule has 7 heteroatoms. The summed E-state index contributed by atoms with van der Waals surface area (Å²) in [4.78, 5) is 40.1. The van der Waals surface area contributed by atoms with Crippen LogP contribution in [0.15, 0.2) is 66.2 Å². The number of rotatable bonds is 6. The number of ketones is 1. The number of amides is 1. The van der Waals surface area contributed by atoms with E-state index in [1.54, 1.807) is 30.3 Å². The SMILES string of the molecule is COC(=O)c1ccc(CN2C(=O)C(=O)/C(=C(/O)c3cc(C)cc(C)c3OC)C2c2ccccc2C)cc1. The van der Waals surface area contributed by atoms with Crippen LogP contribution in [0.3, 0.4) is 0 Å². The minimum Gasteiger partial charge on any atom is -0.507 e. The molecule has 0 radical (unpaired) electrons. The lowest BCUT2D eigenvalue weighted by Crippen LogP contribution is -2.29. The van der Waals surface area contributed by atoms with Crippen LogP contribution in [0.4, 0.5) is 0 Å². The van der Waals surface area contributed by atoms with Gasteiger partial charge < -0.3 is 19.5 Å². The number of carbonyl (C=O) groups is 3. The number of ether oxygens (including phenoxy) is 2. The largest absolute Gasteiger partial charge is 0.507 e. The highest BCUT2D eigenvalue weighted by Crippen LogP contribution is 2.43. The Hall–Kier alpha value is -4.39. The molecular weight excluding hydrogens is 470 g/mol. The molecule has 0 aliphatic carbocycles. The number of nitrogens with zero attached hydrogens (tertiary/aromatic N) is 1. The number of carbonyl (C=O) groups excluding carboxylic acids is 3. The molecular formula is C30H29NO6. The van der Waals surface area contributed by atoms with Gasteiger partial charge in [0.05, 0.1) is 37.0 Å². The molecule has 1 aliphatic rings. The molecule has 7 nitrogen and oxygen atoms in total. The van der Waals surface area contributed by atoms with Gasteiger partial charge in [-0.15, -0.1) is 0 Å². The Morgan fingerprint density at radius 3 is 2.24 bits per heavy atom. The van der Waals surface area contributed by atoms with E-state index in [1.165, 1.54) is 19.1 Å². The Labute approximate surface area is 215 Å². The van der Waals surface area contributed by atoms with E-state index in [9.17, 15) is 19.5 Å². The third-order valence-corrected chi connectivity index (χ3v) is 6.63. The van der Waals surface area contributed by atoms with Crippen molar-refractivity contribution in [3.8, 4) is 5.75 Å². The average Bonchev–Trinajstić information content (AvgIpc) is 3.13. The lowest BCUT2D eigenvalue weighted by Gasteiger charge is -2.27. The zero-order valence-corrected chi connectivity index (χ0v) is 21.5. The molecule has 0 saturated carbocycles. The number of hydrogen-bond acceptors (Lipinski definition) is 6. The Morgan fingerprint density at radius 1 is 0.946 bits per heavy atom. The van der Waals surface area contributed by atoms with Gasteiger partial charge in [-0.05, 0) is 66.8 Å². The Kier molecular flexibility index (Phi) is 7.16. The number of aliphatic hydroxyl groups is 1. The van der Waals surface area contributed by atoms with Gasteiger partial charge in [-0.1, -0.05) is 42.5 Å². The monoisotopic (exact) mass is 499 g/mol. The van der Waals surface area contributed by atoms with E-state index in [4.69, 9.17) is 9.47 Å². The average molecular weight is 500 g/mol. The summed E-state index contributed by atoms with van der Waals surface area (Å²) in [6, 6.07) is 17.0. The van der Waals surface area contributed by atoms with Crippen LogP contribution in [0.5, 0.6) is 5.75 Å². The fraction of sp³-hybridized carbons (Fsp3) is 0.233. The summed E-state index contributed by atoms with van der Waals surface area (Å²) in [5.41, 5.74) is 4.76. The third-order valence-electron chi connectivity index (χ3n) is 6.63. The molecule has 1 N–H and O–H groups in total. The Morgan fingerprint density at radius 2 is 1.62 bits per heavy atom. The Balaban J connectivity index is 1.88. The first-order valence-corrected chi connectivity index (χ1v) is 11.8. The van der Waals surface area contributed by atoms with Crippen LogP contribution >= 0.6 is 0 Å². The van der Waals surface area contributed by atoms with Crippen molar-refractivity contribution in [1.29, 1.82) is 0 Å². The van der Waals surface area contributed by atoms with Crippen LogP contribution < -0.4 is 4.74 Å². The van der Waals surface area contributed by atoms with E-state index in [2.05, 4.69) is 0 Å². The van der Waals surface area contributed by atoms with Crippen LogP contribution in [0.1, 0.15) is 49.8 Å². The number of Topliss-reactive ketones (excluding diaryl/α,β-unsaturated/α-hetero) is 1. The number of aliphatic hydroxyl groups excluding tert-OH is 1. The molecule has 0 aromatic heterocycles. The van der Waals surface area contributed by atoms with Crippen molar-refractivity contribution in [2.24, 2.45) is 0 Å². The van der Waals surface area contributed by atoms with Crippen molar-refractivity contribution in [1.82, 2.24) is 4.90 Å². The van der Waals surface area contributed by atoms with Gasteiger partial charge in [-0.2, -0.15) is 0 Å². The second-order valence-electron chi connectivity index (χ2n) is 9.13. The van der Waals surface area contributed by atoms with Gasteiger partial charge in [-0.25, -0.2) is 4.79 Å². The van der Waals surface area contributed by atoms with Crippen LogP contribution in [-0.2, 0) is 20.9 Å². The molecule has 4 rings (SSSR count). The summed E-state index contributed by atoms with van der Waals surface area (Å²) in [5.74, 6) is -1.78. The summed E-state index contributed by atoms with van der Waals surface area (Å²) >= 11 is 0. The van der Waals surface area contributed by atoms with Crippen LogP contribution in [0.2, 0.25) is 0 Å². The van der Waals surface area contributed by atoms with Gasteiger partial charge in [0.1, 0.15) is 11.5 Å². The number of methoxy groups -OCH3 is 2. The standard InChI is InChI=1S/C30H29NO6/c1-17-14-19(3)28(36-4)23(15-17)26(32)24-25(22-9-7-6-8-18(22)2)31(29(34)27(24)33)16-20-10-12-21(13-11-20)30(35)37-5/h6-15,25,32H,16H2,1-5H3/b26-24+. The molecule has 1 fully saturated rings. The number of aryl methyl sites for hydroxylation is 3. The molecule has 1 atom stereocenters. The first-order valence-electron chi connectivity index (χ1n) is 11.8. The maximum atomic E-state index is 13.5. The molecule has 3 aromatic rings. The minimum absolute atomic E-state index is 0.00813. The minimum atomic E-state index is -0.813. The maximum Gasteiger partial charge on any atom is 0.337 e. The third kappa shape index (κ3) is 4.72. The molecule has 1 unspecified atom stereocenters. The first-order chi connectivity index (χ1) is 17.7. The van der Waals surface area contributed by atoms with Crippen molar-refractivity contribution in [3.05, 3.63) is 105 Å². The number of benzene rings is 3. The van der Waals surface area contributed by atoms with E-state index >= 15 is 0 Å². The van der Waals surface area contributed by atoms with Crippen LogP contribution in [0.25, 0.3) is 5.76 Å². The smallest absolute Gasteiger partial charge is 0.337 e. The molecule has 0 bridgehead atoms. The topological polar surface area (TPSA) is 93.1 Å². The molecule has 1 saturated heterocycles. The van der Waals surface area contributed by atoms with Crippen LogP contribution in [0, 0.1) is 20.8 Å². The first kappa shape index (κ1) is 25.7. The van der Waals surface area contributed by atoms with Gasteiger partial charge in [0.2, 0.25) is 0 Å². The highest BCUT2D eigenvalue weighted by Gasteiger charge is 2.46. The van der Waals surface area contributed by atoms with Crippen molar-refractivity contribution < 1.29 is 29.0 Å². The molecule has 190 valence electrons. The van der Waals surface area contributed by atoms with Gasteiger partial charge in [0.15, 0.2) is 0 Å². The van der Waals surface area contributed by atoms with Crippen molar-refractivity contribution in [3.63, 3.8) is 0 Å². The maximum absolute atomic E-state index is 13.5. The number of likely N-dealkylation sites (tertiary alicyclic amines) is 1. The highest BCUT2D eigenvalue weighted by molar-refractivity contribution is 6.46. The zero-order chi connectivity index (χ0) is 26.9.